The number of aromatic nitrogens is 1. The Morgan fingerprint density at radius 1 is 1.07 bits per heavy atom. The van der Waals surface area contributed by atoms with Crippen molar-refractivity contribution >= 4 is 15.7 Å². The van der Waals surface area contributed by atoms with E-state index in [-0.39, 0.29) is 28.2 Å². The molecule has 0 unspecified atom stereocenters. The minimum atomic E-state index is -4.04. The van der Waals surface area contributed by atoms with E-state index in [1.807, 2.05) is 25.1 Å². The van der Waals surface area contributed by atoms with Gasteiger partial charge in [0.2, 0.25) is 26.6 Å². The van der Waals surface area contributed by atoms with Gasteiger partial charge in [0.1, 0.15) is 11.6 Å². The molecule has 4 rings (SSSR count). The molecule has 0 aliphatic carbocycles. The predicted octanol–water partition coefficient (Wildman–Crippen LogP) is 4.83. The first-order chi connectivity index (χ1) is 13.9. The molecule has 0 radical (unpaired) electrons. The summed E-state index contributed by atoms with van der Waals surface area (Å²) in [6.07, 6.45) is 1.52. The van der Waals surface area contributed by atoms with E-state index in [2.05, 4.69) is 10.3 Å². The third-order valence-electron chi connectivity index (χ3n) is 4.24. The summed E-state index contributed by atoms with van der Waals surface area (Å²) in [5.74, 6) is 0.225. The zero-order chi connectivity index (χ0) is 20.4. The van der Waals surface area contributed by atoms with E-state index in [4.69, 9.17) is 8.83 Å². The maximum Gasteiger partial charge on any atom is 0.234 e. The molecule has 4 aromatic rings. The Morgan fingerprint density at radius 2 is 1.86 bits per heavy atom. The van der Waals surface area contributed by atoms with Crippen LogP contribution in [0.1, 0.15) is 11.3 Å². The lowest BCUT2D eigenvalue weighted by atomic mass is 10.1. The highest BCUT2D eigenvalue weighted by molar-refractivity contribution is 7.91. The number of nitrogens with one attached hydrogen (secondary N) is 1. The van der Waals surface area contributed by atoms with Crippen LogP contribution in [0.5, 0.6) is 0 Å². The Hall–Kier alpha value is -3.39. The lowest BCUT2D eigenvalue weighted by Crippen LogP contribution is -2.07. The van der Waals surface area contributed by atoms with Gasteiger partial charge in [-0.3, -0.25) is 0 Å². The molecule has 8 heteroatoms. The van der Waals surface area contributed by atoms with Crippen molar-refractivity contribution in [3.05, 3.63) is 84.1 Å². The number of hydrogen-bond acceptors (Lipinski definition) is 6. The van der Waals surface area contributed by atoms with Crippen molar-refractivity contribution < 1.29 is 21.6 Å². The van der Waals surface area contributed by atoms with Crippen LogP contribution < -0.4 is 5.32 Å². The quantitative estimate of drug-likeness (QED) is 0.457. The molecule has 0 aliphatic rings. The number of benzene rings is 2. The second-order valence-electron chi connectivity index (χ2n) is 6.41. The molecule has 2 aromatic carbocycles. The second kappa shape index (κ2) is 7.56. The fourth-order valence-electron chi connectivity index (χ4n) is 2.81. The molecule has 1 N–H and O–H groups in total. The number of hydrogen-bond donors (Lipinski definition) is 1. The van der Waals surface area contributed by atoms with Crippen molar-refractivity contribution in [1.82, 2.24) is 4.98 Å². The Kier molecular flexibility index (Phi) is 4.94. The van der Waals surface area contributed by atoms with Crippen LogP contribution in [0.25, 0.3) is 11.5 Å². The van der Waals surface area contributed by atoms with Crippen LogP contribution in [0.4, 0.5) is 10.3 Å². The molecule has 2 heterocycles. The summed E-state index contributed by atoms with van der Waals surface area (Å²) in [5, 5.41) is 2.66. The van der Waals surface area contributed by atoms with Crippen molar-refractivity contribution in [1.29, 1.82) is 0 Å². The molecule has 29 heavy (non-hydrogen) atoms. The highest BCUT2D eigenvalue weighted by Crippen LogP contribution is 2.33. The van der Waals surface area contributed by atoms with Gasteiger partial charge in [-0.05, 0) is 55.5 Å². The van der Waals surface area contributed by atoms with E-state index in [0.717, 1.165) is 17.7 Å². The lowest BCUT2D eigenvalue weighted by Gasteiger charge is -2.05. The van der Waals surface area contributed by atoms with Gasteiger partial charge in [-0.1, -0.05) is 17.7 Å². The second-order valence-corrected chi connectivity index (χ2v) is 8.28. The SMILES string of the molecule is Cc1cccc(-c2nc(S(=O)(=O)c3ccc(F)cc3)c(NCc3ccco3)o2)c1. The van der Waals surface area contributed by atoms with Gasteiger partial charge in [-0.15, -0.1) is 0 Å². The van der Waals surface area contributed by atoms with Crippen LogP contribution in [-0.2, 0) is 16.4 Å². The zero-order valence-electron chi connectivity index (χ0n) is 15.4. The van der Waals surface area contributed by atoms with Gasteiger partial charge in [0.25, 0.3) is 0 Å². The van der Waals surface area contributed by atoms with Gasteiger partial charge >= 0.3 is 0 Å². The number of rotatable bonds is 6. The van der Waals surface area contributed by atoms with Crippen LogP contribution in [0.3, 0.4) is 0 Å². The number of sulfone groups is 1. The monoisotopic (exact) mass is 412 g/mol. The Balaban J connectivity index is 1.78. The van der Waals surface area contributed by atoms with Crippen LogP contribution >= 0.6 is 0 Å². The number of nitrogens with zero attached hydrogens (tertiary/aromatic N) is 1. The molecule has 0 spiro atoms. The first-order valence-electron chi connectivity index (χ1n) is 8.78. The van der Waals surface area contributed by atoms with Crippen molar-refractivity contribution in [2.24, 2.45) is 0 Å². The molecule has 0 fully saturated rings. The highest BCUT2D eigenvalue weighted by atomic mass is 32.2. The van der Waals surface area contributed by atoms with Gasteiger partial charge < -0.3 is 14.2 Å². The van der Waals surface area contributed by atoms with Gasteiger partial charge in [-0.2, -0.15) is 4.98 Å². The third-order valence-corrected chi connectivity index (χ3v) is 5.92. The van der Waals surface area contributed by atoms with E-state index in [0.29, 0.717) is 11.3 Å². The zero-order valence-corrected chi connectivity index (χ0v) is 16.2. The number of furan rings is 1. The van der Waals surface area contributed by atoms with Gasteiger partial charge in [0.15, 0.2) is 0 Å². The van der Waals surface area contributed by atoms with Gasteiger partial charge in [0.05, 0.1) is 17.7 Å². The first kappa shape index (κ1) is 18.9. The summed E-state index contributed by atoms with van der Waals surface area (Å²) in [5.41, 5.74) is 1.63. The van der Waals surface area contributed by atoms with Crippen LogP contribution in [0.2, 0.25) is 0 Å². The average molecular weight is 412 g/mol. The first-order valence-corrected chi connectivity index (χ1v) is 10.3. The van der Waals surface area contributed by atoms with E-state index < -0.39 is 15.7 Å². The standard InChI is InChI=1S/C21H17FN2O4S/c1-14-4-2-5-15(12-14)19-24-21(20(28-19)23-13-17-6-3-11-27-17)29(25,26)18-9-7-16(22)8-10-18/h2-12,23H,13H2,1H3. The molecule has 0 amide bonds. The van der Waals surface area contributed by atoms with Crippen molar-refractivity contribution in [3.63, 3.8) is 0 Å². The normalized spacial score (nSPS) is 11.5. The minimum absolute atomic E-state index is 0.0118. The summed E-state index contributed by atoms with van der Waals surface area (Å²) in [6, 6.07) is 15.4. The van der Waals surface area contributed by atoms with E-state index in [9.17, 15) is 12.8 Å². The number of anilines is 1. The Labute approximate surface area is 166 Å². The van der Waals surface area contributed by atoms with Crippen molar-refractivity contribution in [2.45, 2.75) is 23.4 Å². The van der Waals surface area contributed by atoms with Crippen molar-refractivity contribution in [2.75, 3.05) is 5.32 Å². The molecular formula is C21H17FN2O4S. The summed E-state index contributed by atoms with van der Waals surface area (Å²) in [4.78, 5) is 4.17. The molecule has 0 atom stereocenters. The number of aryl methyl sites for hydroxylation is 1. The van der Waals surface area contributed by atoms with E-state index >= 15 is 0 Å². The maximum absolute atomic E-state index is 13.2. The fourth-order valence-corrected chi connectivity index (χ4v) is 4.09. The topological polar surface area (TPSA) is 85.3 Å². The van der Waals surface area contributed by atoms with Crippen molar-refractivity contribution in [3.8, 4) is 11.5 Å². The largest absolute Gasteiger partial charge is 0.467 e. The molecule has 0 saturated carbocycles. The lowest BCUT2D eigenvalue weighted by molar-refractivity contribution is 0.511. The maximum atomic E-state index is 13.2. The summed E-state index contributed by atoms with van der Waals surface area (Å²) in [6.45, 7) is 2.13. The molecule has 6 nitrogen and oxygen atoms in total. The summed E-state index contributed by atoms with van der Waals surface area (Å²) >= 11 is 0. The van der Waals surface area contributed by atoms with Gasteiger partial charge in [0, 0.05) is 5.56 Å². The Bertz CT molecular complexity index is 1230. The predicted molar refractivity (Wildman–Crippen MR) is 105 cm³/mol. The minimum Gasteiger partial charge on any atom is -0.467 e. The third kappa shape index (κ3) is 3.93. The van der Waals surface area contributed by atoms with Gasteiger partial charge in [-0.25, -0.2) is 12.8 Å². The molecule has 0 aliphatic heterocycles. The summed E-state index contributed by atoms with van der Waals surface area (Å²) in [7, 11) is -4.04. The fraction of sp³-hybridized carbons (Fsp3) is 0.0952. The summed E-state index contributed by atoms with van der Waals surface area (Å²) < 4.78 is 50.5. The highest BCUT2D eigenvalue weighted by Gasteiger charge is 2.28. The molecule has 148 valence electrons. The molecule has 0 bridgehead atoms. The average Bonchev–Trinajstić information content (AvgIpc) is 3.37. The smallest absolute Gasteiger partial charge is 0.234 e. The molecular weight excluding hydrogens is 395 g/mol. The number of oxazole rings is 1. The molecule has 0 saturated heterocycles. The number of halogens is 1. The van der Waals surface area contributed by atoms with Crippen LogP contribution in [0, 0.1) is 12.7 Å². The molecule has 2 aromatic heterocycles. The van der Waals surface area contributed by atoms with E-state index in [1.54, 1.807) is 18.2 Å². The Morgan fingerprint density at radius 3 is 2.55 bits per heavy atom. The van der Waals surface area contributed by atoms with Crippen LogP contribution in [0.15, 0.2) is 85.7 Å². The van der Waals surface area contributed by atoms with E-state index in [1.165, 1.54) is 18.4 Å². The van der Waals surface area contributed by atoms with Crippen LogP contribution in [-0.4, -0.2) is 13.4 Å².